The fourth-order valence-electron chi connectivity index (χ4n) is 2.96. The molecular weight excluding hydrogens is 386 g/mol. The molecule has 1 aliphatic rings. The third kappa shape index (κ3) is 3.60. The van der Waals surface area contributed by atoms with Gasteiger partial charge in [0, 0.05) is 11.8 Å². The van der Waals surface area contributed by atoms with Crippen LogP contribution in [-0.2, 0) is 0 Å². The molecule has 0 radical (unpaired) electrons. The Morgan fingerprint density at radius 3 is 2.34 bits per heavy atom. The lowest BCUT2D eigenvalue weighted by atomic mass is 10.0. The number of hydrogen-bond donors (Lipinski definition) is 3. The number of nitrogens with zero attached hydrogens (tertiary/aromatic N) is 1. The summed E-state index contributed by atoms with van der Waals surface area (Å²) in [7, 11) is 0. The van der Waals surface area contributed by atoms with E-state index in [4.69, 9.17) is 9.47 Å². The van der Waals surface area contributed by atoms with E-state index in [1.807, 2.05) is 0 Å². The number of hydrogen-bond acceptors (Lipinski definition) is 6. The largest absolute Gasteiger partial charge is 0.505 e. The highest BCUT2D eigenvalue weighted by molar-refractivity contribution is 6.04. The monoisotopic (exact) mass is 400 g/mol. The third-order valence-corrected chi connectivity index (χ3v) is 4.28. The highest BCUT2D eigenvalue weighted by atomic mass is 19.1. The molecule has 148 valence electrons. The van der Waals surface area contributed by atoms with Crippen molar-refractivity contribution < 1.29 is 33.3 Å². The van der Waals surface area contributed by atoms with Crippen molar-refractivity contribution in [3.63, 3.8) is 0 Å². The number of aromatic nitrogens is 1. The van der Waals surface area contributed by atoms with Crippen molar-refractivity contribution in [3.05, 3.63) is 71.4 Å². The second-order valence-corrected chi connectivity index (χ2v) is 6.35. The summed E-state index contributed by atoms with van der Waals surface area (Å²) in [6, 6.07) is 9.39. The van der Waals surface area contributed by atoms with Gasteiger partial charge in [0.15, 0.2) is 11.5 Å². The average molecular weight is 400 g/mol. The van der Waals surface area contributed by atoms with E-state index in [2.05, 4.69) is 10.3 Å². The van der Waals surface area contributed by atoms with Crippen LogP contribution >= 0.6 is 0 Å². The number of aliphatic hydroxyl groups is 2. The van der Waals surface area contributed by atoms with E-state index in [1.54, 1.807) is 25.1 Å². The quantitative estimate of drug-likeness (QED) is 0.585. The molecule has 0 spiro atoms. The first-order valence-corrected chi connectivity index (χ1v) is 8.43. The highest BCUT2D eigenvalue weighted by Crippen LogP contribution is 2.42. The maximum atomic E-state index is 13.7. The first-order valence-electron chi connectivity index (χ1n) is 8.43. The van der Waals surface area contributed by atoms with Crippen LogP contribution in [0.5, 0.6) is 11.5 Å². The van der Waals surface area contributed by atoms with E-state index in [0.29, 0.717) is 11.1 Å². The van der Waals surface area contributed by atoms with Crippen molar-refractivity contribution in [1.29, 1.82) is 0 Å². The summed E-state index contributed by atoms with van der Waals surface area (Å²) in [5, 5.41) is 21.2. The van der Waals surface area contributed by atoms with Gasteiger partial charge in [-0.3, -0.25) is 15.0 Å². The smallest absolute Gasteiger partial charge is 0.403 e. The van der Waals surface area contributed by atoms with E-state index in [9.17, 15) is 23.8 Å². The molecule has 3 N–H and O–H groups in total. The normalized spacial score (nSPS) is 14.0. The first kappa shape index (κ1) is 18.8. The fraction of sp³-hybridized carbons (Fsp3) is 0.100. The van der Waals surface area contributed by atoms with Crippen molar-refractivity contribution in [1.82, 2.24) is 4.98 Å². The van der Waals surface area contributed by atoms with E-state index in [1.165, 1.54) is 18.3 Å². The zero-order valence-corrected chi connectivity index (χ0v) is 14.9. The number of anilines is 1. The molecule has 3 aromatic rings. The number of ether oxygens (including phenoxy) is 2. The number of halogens is 2. The van der Waals surface area contributed by atoms with Crippen molar-refractivity contribution in [2.45, 2.75) is 13.1 Å². The molecule has 0 fully saturated rings. The van der Waals surface area contributed by atoms with Gasteiger partial charge in [0.1, 0.15) is 23.0 Å². The number of amides is 1. The Hall–Kier alpha value is -3.56. The zero-order chi connectivity index (χ0) is 20.8. The lowest BCUT2D eigenvalue weighted by molar-refractivity contribution is -0.385. The van der Waals surface area contributed by atoms with Gasteiger partial charge in [0.2, 0.25) is 0 Å². The second-order valence-electron chi connectivity index (χ2n) is 6.35. The summed E-state index contributed by atoms with van der Waals surface area (Å²) in [5.74, 6) is -2.48. The van der Waals surface area contributed by atoms with Crippen molar-refractivity contribution >= 4 is 11.7 Å². The molecule has 1 amide bonds. The number of rotatable bonds is 3. The molecule has 2 heterocycles. The fourth-order valence-corrected chi connectivity index (χ4v) is 2.96. The molecule has 7 nitrogen and oxygen atoms in total. The molecule has 9 heteroatoms. The minimum absolute atomic E-state index is 0.101. The van der Waals surface area contributed by atoms with Gasteiger partial charge in [-0.25, -0.2) is 13.8 Å². The van der Waals surface area contributed by atoms with Crippen molar-refractivity contribution in [3.8, 4) is 22.6 Å². The van der Waals surface area contributed by atoms with Gasteiger partial charge in [-0.2, -0.15) is 0 Å². The predicted octanol–water partition coefficient (Wildman–Crippen LogP) is 2.95. The summed E-state index contributed by atoms with van der Waals surface area (Å²) >= 11 is 0. The molecule has 1 aliphatic heterocycles. The average Bonchev–Trinajstić information content (AvgIpc) is 2.94. The number of benzene rings is 2. The molecular formula is C20H14F2N2O5. The molecule has 2 aromatic carbocycles. The van der Waals surface area contributed by atoms with Gasteiger partial charge < -0.3 is 14.8 Å². The standard InChI is InChI=1S/C20H14F2N2O5/c1-10-7-15-16(29-20(26,27)28-15)8-12(10)11-5-6-17(23-9-11)24-19(25)18-13(21)3-2-4-14(18)22/h2-9,26-27H,1H3,(H,23,24,25). The van der Waals surface area contributed by atoms with Gasteiger partial charge in [-0.05, 0) is 54.4 Å². The molecule has 0 saturated heterocycles. The summed E-state index contributed by atoms with van der Waals surface area (Å²) in [6.45, 7) is 1.78. The zero-order valence-electron chi connectivity index (χ0n) is 14.9. The minimum Gasteiger partial charge on any atom is -0.403 e. The Kier molecular flexibility index (Phi) is 4.40. The second kappa shape index (κ2) is 6.80. The van der Waals surface area contributed by atoms with Crippen LogP contribution in [0.2, 0.25) is 0 Å². The predicted molar refractivity (Wildman–Crippen MR) is 97.1 cm³/mol. The maximum absolute atomic E-state index is 13.7. The molecule has 0 atom stereocenters. The van der Waals surface area contributed by atoms with Crippen LogP contribution in [0.1, 0.15) is 15.9 Å². The SMILES string of the molecule is Cc1cc2c(cc1-c1ccc(NC(=O)c3c(F)cccc3F)nc1)OC(O)(O)O2. The molecule has 4 rings (SSSR count). The molecule has 0 bridgehead atoms. The minimum atomic E-state index is -2.72. The van der Waals surface area contributed by atoms with Crippen LogP contribution in [0, 0.1) is 18.6 Å². The van der Waals surface area contributed by atoms with Crippen LogP contribution in [0.15, 0.2) is 48.7 Å². The van der Waals surface area contributed by atoms with Crippen LogP contribution in [0.4, 0.5) is 14.6 Å². The van der Waals surface area contributed by atoms with E-state index < -0.39 is 29.3 Å². The van der Waals surface area contributed by atoms with Crippen molar-refractivity contribution in [2.24, 2.45) is 0 Å². The number of carbonyl (C=O) groups excluding carboxylic acids is 1. The number of nitrogens with one attached hydrogen (secondary N) is 1. The number of fused-ring (bicyclic) bond motifs is 1. The summed E-state index contributed by atoms with van der Waals surface area (Å²) < 4.78 is 37.2. The van der Waals surface area contributed by atoms with Crippen LogP contribution in [0.25, 0.3) is 11.1 Å². The Labute approximate surface area is 163 Å². The van der Waals surface area contributed by atoms with Gasteiger partial charge in [-0.1, -0.05) is 6.07 Å². The van der Waals surface area contributed by atoms with Gasteiger partial charge in [-0.15, -0.1) is 0 Å². The van der Waals surface area contributed by atoms with Gasteiger partial charge in [0.25, 0.3) is 5.91 Å². The molecule has 29 heavy (non-hydrogen) atoms. The first-order chi connectivity index (χ1) is 13.7. The molecule has 0 saturated carbocycles. The van der Waals surface area contributed by atoms with E-state index in [-0.39, 0.29) is 17.3 Å². The lowest BCUT2D eigenvalue weighted by Crippen LogP contribution is -2.37. The lowest BCUT2D eigenvalue weighted by Gasteiger charge is -2.10. The summed E-state index contributed by atoms with van der Waals surface area (Å²) in [5.41, 5.74) is 1.37. The number of pyridine rings is 1. The third-order valence-electron chi connectivity index (χ3n) is 4.28. The Morgan fingerprint density at radius 1 is 1.07 bits per heavy atom. The molecule has 0 aliphatic carbocycles. The van der Waals surface area contributed by atoms with Crippen LogP contribution in [0.3, 0.4) is 0 Å². The van der Waals surface area contributed by atoms with Crippen LogP contribution in [-0.4, -0.2) is 27.3 Å². The highest BCUT2D eigenvalue weighted by Gasteiger charge is 2.38. The molecule has 0 unspecified atom stereocenters. The van der Waals surface area contributed by atoms with Gasteiger partial charge in [0.05, 0.1) is 0 Å². The Bertz CT molecular complexity index is 1100. The van der Waals surface area contributed by atoms with Crippen molar-refractivity contribution in [2.75, 3.05) is 5.32 Å². The van der Waals surface area contributed by atoms with Crippen LogP contribution < -0.4 is 14.8 Å². The Morgan fingerprint density at radius 2 is 1.72 bits per heavy atom. The van der Waals surface area contributed by atoms with E-state index >= 15 is 0 Å². The molecule has 1 aromatic heterocycles. The topological polar surface area (TPSA) is 101 Å². The number of aryl methyl sites for hydroxylation is 1. The van der Waals surface area contributed by atoms with Gasteiger partial charge >= 0.3 is 6.16 Å². The number of carbonyl (C=O) groups is 1. The van der Waals surface area contributed by atoms with E-state index in [0.717, 1.165) is 17.7 Å². The maximum Gasteiger partial charge on any atom is 0.505 e. The summed E-state index contributed by atoms with van der Waals surface area (Å²) in [4.78, 5) is 16.2. The summed E-state index contributed by atoms with van der Waals surface area (Å²) in [6.07, 6.45) is -1.27. The Balaban J connectivity index is 1.57.